The van der Waals surface area contributed by atoms with Crippen molar-refractivity contribution in [1.82, 2.24) is 4.90 Å². The van der Waals surface area contributed by atoms with Crippen LogP contribution in [-0.4, -0.2) is 35.2 Å². The molecule has 1 rings (SSSR count). The lowest BCUT2D eigenvalue weighted by Crippen LogP contribution is -2.49. The molecule has 0 saturated carbocycles. The van der Waals surface area contributed by atoms with E-state index >= 15 is 0 Å². The normalized spacial score (nSPS) is 26.9. The molecular formula is C12H24N2O2. The maximum absolute atomic E-state index is 11.1. The number of carbonyl (C=O) groups is 1. The van der Waals surface area contributed by atoms with E-state index in [2.05, 4.69) is 20.8 Å². The maximum Gasteiger partial charge on any atom is 0.407 e. The third-order valence-electron chi connectivity index (χ3n) is 4.06. The van der Waals surface area contributed by atoms with Gasteiger partial charge in [-0.25, -0.2) is 4.79 Å². The molecule has 0 spiro atoms. The second kappa shape index (κ2) is 5.04. The highest BCUT2D eigenvalue weighted by Gasteiger charge is 2.37. The average molecular weight is 228 g/mol. The summed E-state index contributed by atoms with van der Waals surface area (Å²) >= 11 is 0. The summed E-state index contributed by atoms with van der Waals surface area (Å²) in [5, 5.41) is 9.09. The average Bonchev–Trinajstić information content (AvgIpc) is 2.27. The monoisotopic (exact) mass is 228 g/mol. The predicted molar refractivity (Wildman–Crippen MR) is 64.4 cm³/mol. The van der Waals surface area contributed by atoms with E-state index in [9.17, 15) is 4.79 Å². The first kappa shape index (κ1) is 13.3. The van der Waals surface area contributed by atoms with Gasteiger partial charge in [0.1, 0.15) is 0 Å². The minimum absolute atomic E-state index is 0.123. The fraction of sp³-hybridized carbons (Fsp3) is 0.917. The fourth-order valence-electron chi connectivity index (χ4n) is 2.57. The molecule has 4 nitrogen and oxygen atoms in total. The van der Waals surface area contributed by atoms with Crippen molar-refractivity contribution >= 4 is 6.09 Å². The molecule has 16 heavy (non-hydrogen) atoms. The molecule has 1 heterocycles. The number of hydrogen-bond donors (Lipinski definition) is 2. The Morgan fingerprint density at radius 1 is 1.56 bits per heavy atom. The number of hydrogen-bond acceptors (Lipinski definition) is 2. The van der Waals surface area contributed by atoms with Gasteiger partial charge in [0, 0.05) is 12.6 Å². The van der Waals surface area contributed by atoms with E-state index in [1.807, 2.05) is 0 Å². The number of piperidine rings is 1. The molecule has 0 aromatic heterocycles. The lowest BCUT2D eigenvalue weighted by atomic mass is 9.71. The third-order valence-corrected chi connectivity index (χ3v) is 4.06. The number of nitrogens with zero attached hydrogens (tertiary/aromatic N) is 1. The van der Waals surface area contributed by atoms with Gasteiger partial charge in [-0.3, -0.25) is 0 Å². The molecule has 4 heteroatoms. The minimum atomic E-state index is -0.782. The highest BCUT2D eigenvalue weighted by Crippen LogP contribution is 2.37. The summed E-state index contributed by atoms with van der Waals surface area (Å²) in [6.07, 6.45) is 2.00. The van der Waals surface area contributed by atoms with Crippen molar-refractivity contribution in [2.24, 2.45) is 17.1 Å². The zero-order valence-electron chi connectivity index (χ0n) is 10.6. The van der Waals surface area contributed by atoms with Gasteiger partial charge in [0.05, 0.1) is 0 Å². The molecule has 1 saturated heterocycles. The molecule has 0 radical (unpaired) electrons. The predicted octanol–water partition coefficient (Wildman–Crippen LogP) is 2.14. The van der Waals surface area contributed by atoms with E-state index in [1.54, 1.807) is 4.90 Å². The summed E-state index contributed by atoms with van der Waals surface area (Å²) in [4.78, 5) is 12.6. The zero-order chi connectivity index (χ0) is 12.3. The van der Waals surface area contributed by atoms with E-state index in [-0.39, 0.29) is 11.5 Å². The van der Waals surface area contributed by atoms with Crippen LogP contribution in [0.2, 0.25) is 0 Å². The van der Waals surface area contributed by atoms with Crippen LogP contribution in [0.1, 0.15) is 40.0 Å². The van der Waals surface area contributed by atoms with Crippen LogP contribution in [0.25, 0.3) is 0 Å². The molecule has 1 aliphatic heterocycles. The van der Waals surface area contributed by atoms with Gasteiger partial charge in [-0.1, -0.05) is 20.8 Å². The van der Waals surface area contributed by atoms with Gasteiger partial charge in [0.25, 0.3) is 0 Å². The van der Waals surface area contributed by atoms with Crippen LogP contribution < -0.4 is 5.73 Å². The molecule has 2 atom stereocenters. The van der Waals surface area contributed by atoms with Crippen LogP contribution in [0.15, 0.2) is 0 Å². The first-order chi connectivity index (χ1) is 7.42. The molecule has 2 unspecified atom stereocenters. The summed E-state index contributed by atoms with van der Waals surface area (Å²) in [6.45, 7) is 7.74. The quantitative estimate of drug-likeness (QED) is 0.777. The van der Waals surface area contributed by atoms with Gasteiger partial charge < -0.3 is 15.7 Å². The molecule has 0 aromatic carbocycles. The van der Waals surface area contributed by atoms with Crippen LogP contribution in [0.5, 0.6) is 0 Å². The number of rotatable bonds is 3. The summed E-state index contributed by atoms with van der Waals surface area (Å²) in [6, 6.07) is 0.169. The maximum atomic E-state index is 11.1. The van der Waals surface area contributed by atoms with Crippen molar-refractivity contribution in [3.05, 3.63) is 0 Å². The highest BCUT2D eigenvalue weighted by molar-refractivity contribution is 5.65. The Balaban J connectivity index is 2.69. The summed E-state index contributed by atoms with van der Waals surface area (Å²) in [5.74, 6) is 0.540. The van der Waals surface area contributed by atoms with Crippen molar-refractivity contribution in [3.8, 4) is 0 Å². The Morgan fingerprint density at radius 3 is 2.62 bits per heavy atom. The molecule has 1 amide bonds. The topological polar surface area (TPSA) is 66.6 Å². The lowest BCUT2D eigenvalue weighted by Gasteiger charge is -2.43. The smallest absolute Gasteiger partial charge is 0.407 e. The molecule has 0 aromatic rings. The second-order valence-electron chi connectivity index (χ2n) is 5.45. The van der Waals surface area contributed by atoms with Crippen molar-refractivity contribution in [3.63, 3.8) is 0 Å². The van der Waals surface area contributed by atoms with Crippen molar-refractivity contribution in [1.29, 1.82) is 0 Å². The van der Waals surface area contributed by atoms with Crippen LogP contribution in [0.4, 0.5) is 4.79 Å². The fourth-order valence-corrected chi connectivity index (χ4v) is 2.57. The van der Waals surface area contributed by atoms with Crippen LogP contribution in [0, 0.1) is 11.3 Å². The first-order valence-corrected chi connectivity index (χ1v) is 6.12. The van der Waals surface area contributed by atoms with E-state index in [0.29, 0.717) is 19.0 Å². The van der Waals surface area contributed by atoms with Crippen LogP contribution in [-0.2, 0) is 0 Å². The van der Waals surface area contributed by atoms with Gasteiger partial charge in [0.2, 0.25) is 0 Å². The summed E-state index contributed by atoms with van der Waals surface area (Å²) < 4.78 is 0. The van der Waals surface area contributed by atoms with E-state index in [0.717, 1.165) is 19.3 Å². The first-order valence-electron chi connectivity index (χ1n) is 6.12. The van der Waals surface area contributed by atoms with Crippen molar-refractivity contribution in [2.75, 3.05) is 13.1 Å². The highest BCUT2D eigenvalue weighted by atomic mass is 16.4. The van der Waals surface area contributed by atoms with Gasteiger partial charge in [-0.05, 0) is 37.1 Å². The largest absolute Gasteiger partial charge is 0.465 e. The second-order valence-corrected chi connectivity index (χ2v) is 5.45. The van der Waals surface area contributed by atoms with E-state index in [1.165, 1.54) is 0 Å². The zero-order valence-corrected chi connectivity index (χ0v) is 10.6. The third kappa shape index (κ3) is 2.67. The van der Waals surface area contributed by atoms with Crippen molar-refractivity contribution in [2.45, 2.75) is 46.1 Å². The number of carboxylic acid groups (broad SMARTS) is 1. The van der Waals surface area contributed by atoms with Gasteiger partial charge in [-0.15, -0.1) is 0 Å². The van der Waals surface area contributed by atoms with E-state index in [4.69, 9.17) is 10.8 Å². The Hall–Kier alpha value is -0.770. The van der Waals surface area contributed by atoms with Crippen LogP contribution in [0.3, 0.4) is 0 Å². The molecule has 0 aliphatic carbocycles. The summed E-state index contributed by atoms with van der Waals surface area (Å²) in [5.41, 5.74) is 5.91. The van der Waals surface area contributed by atoms with Gasteiger partial charge in [0.15, 0.2) is 0 Å². The molecule has 0 bridgehead atoms. The standard InChI is InChI=1S/C12H24N2O2/c1-4-10-7-9(12(2,3)8-13)5-6-14(10)11(15)16/h9-10H,4-8,13H2,1-3H3,(H,15,16). The Kier molecular flexibility index (Phi) is 4.19. The molecular weight excluding hydrogens is 204 g/mol. The van der Waals surface area contributed by atoms with Gasteiger partial charge >= 0.3 is 6.09 Å². The summed E-state index contributed by atoms with van der Waals surface area (Å²) in [7, 11) is 0. The molecule has 1 aliphatic rings. The van der Waals surface area contributed by atoms with Crippen LogP contribution >= 0.6 is 0 Å². The van der Waals surface area contributed by atoms with E-state index < -0.39 is 6.09 Å². The lowest BCUT2D eigenvalue weighted by molar-refractivity contribution is 0.0539. The number of likely N-dealkylation sites (tertiary alicyclic amines) is 1. The SMILES string of the molecule is CCC1CC(C(C)(C)CN)CCN1C(=O)O. The Bertz CT molecular complexity index is 253. The number of amides is 1. The van der Waals surface area contributed by atoms with Crippen molar-refractivity contribution < 1.29 is 9.90 Å². The Morgan fingerprint density at radius 2 is 2.19 bits per heavy atom. The molecule has 3 N–H and O–H groups in total. The number of nitrogens with two attached hydrogens (primary N) is 1. The molecule has 94 valence electrons. The minimum Gasteiger partial charge on any atom is -0.465 e. The van der Waals surface area contributed by atoms with Gasteiger partial charge in [-0.2, -0.15) is 0 Å². The molecule has 1 fully saturated rings. The Labute approximate surface area is 97.8 Å².